The van der Waals surface area contributed by atoms with Gasteiger partial charge in [-0.3, -0.25) is 9.59 Å². The minimum absolute atomic E-state index is 0.0730. The predicted octanol–water partition coefficient (Wildman–Crippen LogP) is 0.877. The Balaban J connectivity index is 1.85. The number of hydrogen-bond acceptors (Lipinski definition) is 6. The van der Waals surface area contributed by atoms with Gasteiger partial charge in [0.1, 0.15) is 0 Å². The van der Waals surface area contributed by atoms with Gasteiger partial charge in [-0.25, -0.2) is 4.79 Å². The number of amides is 2. The quantitative estimate of drug-likeness (QED) is 0.790. The monoisotopic (exact) mass is 303 g/mol. The number of nitrogens with one attached hydrogen (secondary N) is 1. The number of nitrogens with two attached hydrogens (primary N) is 1. The van der Waals surface area contributed by atoms with E-state index in [1.54, 1.807) is 6.92 Å². The molecular formula is C14H13N3O5. The highest BCUT2D eigenvalue weighted by molar-refractivity contribution is 5.96. The van der Waals surface area contributed by atoms with E-state index in [1.165, 1.54) is 30.3 Å². The number of nitrogens with zero attached hydrogens (tertiary/aromatic N) is 1. The molecule has 1 heterocycles. The van der Waals surface area contributed by atoms with Gasteiger partial charge in [0, 0.05) is 17.3 Å². The number of benzene rings is 1. The van der Waals surface area contributed by atoms with Gasteiger partial charge < -0.3 is 20.3 Å². The molecule has 2 rings (SSSR count). The summed E-state index contributed by atoms with van der Waals surface area (Å²) >= 11 is 0. The number of esters is 1. The molecule has 0 spiro atoms. The van der Waals surface area contributed by atoms with Crippen LogP contribution in [-0.2, 0) is 9.53 Å². The van der Waals surface area contributed by atoms with Crippen molar-refractivity contribution >= 4 is 23.5 Å². The molecule has 8 heteroatoms. The van der Waals surface area contributed by atoms with E-state index in [0.29, 0.717) is 16.9 Å². The summed E-state index contributed by atoms with van der Waals surface area (Å²) in [6, 6.07) is 7.38. The van der Waals surface area contributed by atoms with Crippen LogP contribution in [0.5, 0.6) is 0 Å². The number of hydrogen-bond donors (Lipinski definition) is 2. The van der Waals surface area contributed by atoms with Crippen LogP contribution in [0.3, 0.4) is 0 Å². The molecule has 8 nitrogen and oxygen atoms in total. The van der Waals surface area contributed by atoms with E-state index >= 15 is 0 Å². The van der Waals surface area contributed by atoms with Crippen molar-refractivity contribution in [2.24, 2.45) is 5.73 Å². The zero-order valence-corrected chi connectivity index (χ0v) is 11.7. The van der Waals surface area contributed by atoms with Crippen LogP contribution in [0, 0.1) is 6.92 Å². The Bertz CT molecular complexity index is 706. The molecule has 0 aliphatic rings. The van der Waals surface area contributed by atoms with Crippen LogP contribution in [0.1, 0.15) is 26.6 Å². The van der Waals surface area contributed by atoms with Gasteiger partial charge in [-0.05, 0) is 31.2 Å². The predicted molar refractivity (Wildman–Crippen MR) is 75.1 cm³/mol. The number of ether oxygens (including phenoxy) is 1. The second-order valence-corrected chi connectivity index (χ2v) is 4.40. The number of rotatable bonds is 5. The lowest BCUT2D eigenvalue weighted by Gasteiger charge is -2.06. The first-order valence-electron chi connectivity index (χ1n) is 6.26. The summed E-state index contributed by atoms with van der Waals surface area (Å²) < 4.78 is 9.49. The van der Waals surface area contributed by atoms with E-state index in [4.69, 9.17) is 15.0 Å². The molecule has 0 aliphatic carbocycles. The van der Waals surface area contributed by atoms with Crippen molar-refractivity contribution < 1.29 is 23.6 Å². The van der Waals surface area contributed by atoms with Crippen molar-refractivity contribution in [3.63, 3.8) is 0 Å². The fourth-order valence-electron chi connectivity index (χ4n) is 1.58. The topological polar surface area (TPSA) is 125 Å². The smallest absolute Gasteiger partial charge is 0.377 e. The van der Waals surface area contributed by atoms with Gasteiger partial charge in [-0.1, -0.05) is 5.16 Å². The molecule has 1 aromatic carbocycles. The number of primary amides is 1. The Morgan fingerprint density at radius 2 is 1.95 bits per heavy atom. The van der Waals surface area contributed by atoms with E-state index in [2.05, 4.69) is 10.5 Å². The molecule has 0 radical (unpaired) electrons. The molecule has 1 aromatic heterocycles. The van der Waals surface area contributed by atoms with Crippen molar-refractivity contribution in [1.82, 2.24) is 5.16 Å². The third kappa shape index (κ3) is 3.92. The number of carbonyl (C=O) groups excluding carboxylic acids is 3. The molecule has 0 atom stereocenters. The minimum Gasteiger partial charge on any atom is -0.450 e. The first-order valence-corrected chi connectivity index (χ1v) is 6.26. The van der Waals surface area contributed by atoms with Crippen LogP contribution >= 0.6 is 0 Å². The Morgan fingerprint density at radius 3 is 2.50 bits per heavy atom. The summed E-state index contributed by atoms with van der Waals surface area (Å²) in [5, 5.41) is 6.05. The Labute approximate surface area is 125 Å². The average molecular weight is 303 g/mol. The second kappa shape index (κ2) is 6.53. The van der Waals surface area contributed by atoms with Gasteiger partial charge in [-0.2, -0.15) is 0 Å². The van der Waals surface area contributed by atoms with E-state index in [9.17, 15) is 14.4 Å². The van der Waals surface area contributed by atoms with Gasteiger partial charge in [0.2, 0.25) is 11.7 Å². The third-order valence-corrected chi connectivity index (χ3v) is 2.62. The lowest BCUT2D eigenvalue weighted by atomic mass is 10.2. The SMILES string of the molecule is Cc1cc(C(=O)OCC(=O)Nc2ccc(C(N)=O)cc2)on1. The van der Waals surface area contributed by atoms with E-state index in [-0.39, 0.29) is 5.76 Å². The molecule has 0 fully saturated rings. The molecule has 2 aromatic rings. The third-order valence-electron chi connectivity index (χ3n) is 2.62. The van der Waals surface area contributed by atoms with Crippen molar-refractivity contribution in [3.05, 3.63) is 47.3 Å². The zero-order chi connectivity index (χ0) is 16.1. The fourth-order valence-corrected chi connectivity index (χ4v) is 1.58. The molecule has 0 aliphatic heterocycles. The Hall–Kier alpha value is -3.16. The maximum Gasteiger partial charge on any atom is 0.377 e. The molecule has 0 saturated carbocycles. The van der Waals surface area contributed by atoms with Gasteiger partial charge in [-0.15, -0.1) is 0 Å². The number of carbonyl (C=O) groups is 3. The number of aromatic nitrogens is 1. The first kappa shape index (κ1) is 15.2. The van der Waals surface area contributed by atoms with E-state index in [0.717, 1.165) is 0 Å². The molecule has 0 unspecified atom stereocenters. The summed E-state index contributed by atoms with van der Waals surface area (Å²) in [5.74, 6) is -1.94. The van der Waals surface area contributed by atoms with Crippen LogP contribution in [0.25, 0.3) is 0 Å². The number of aryl methyl sites for hydroxylation is 1. The molecule has 114 valence electrons. The maximum absolute atomic E-state index is 11.6. The van der Waals surface area contributed by atoms with Crippen LogP contribution < -0.4 is 11.1 Å². The molecule has 0 saturated heterocycles. The lowest BCUT2D eigenvalue weighted by Crippen LogP contribution is -2.20. The van der Waals surface area contributed by atoms with Crippen molar-refractivity contribution in [2.75, 3.05) is 11.9 Å². The maximum atomic E-state index is 11.6. The van der Waals surface area contributed by atoms with Crippen LogP contribution in [0.15, 0.2) is 34.9 Å². The summed E-state index contributed by atoms with van der Waals surface area (Å²) in [7, 11) is 0. The van der Waals surface area contributed by atoms with E-state index < -0.39 is 24.4 Å². The first-order chi connectivity index (χ1) is 10.5. The minimum atomic E-state index is -0.778. The number of anilines is 1. The van der Waals surface area contributed by atoms with Gasteiger partial charge in [0.25, 0.3) is 5.91 Å². The van der Waals surface area contributed by atoms with Crippen LogP contribution in [0.4, 0.5) is 5.69 Å². The summed E-state index contributed by atoms with van der Waals surface area (Å²) in [6.45, 7) is 1.18. The fraction of sp³-hybridized carbons (Fsp3) is 0.143. The highest BCUT2D eigenvalue weighted by atomic mass is 16.6. The van der Waals surface area contributed by atoms with Crippen molar-refractivity contribution in [3.8, 4) is 0 Å². The lowest BCUT2D eigenvalue weighted by molar-refractivity contribution is -0.119. The zero-order valence-electron chi connectivity index (χ0n) is 11.7. The average Bonchev–Trinajstić information content (AvgIpc) is 2.92. The van der Waals surface area contributed by atoms with Gasteiger partial charge in [0.15, 0.2) is 6.61 Å². The van der Waals surface area contributed by atoms with E-state index in [1.807, 2.05) is 0 Å². The highest BCUT2D eigenvalue weighted by Crippen LogP contribution is 2.09. The molecule has 0 bridgehead atoms. The summed E-state index contributed by atoms with van der Waals surface area (Å²) in [6.07, 6.45) is 0. The van der Waals surface area contributed by atoms with Crippen molar-refractivity contribution in [2.45, 2.75) is 6.92 Å². The Kier molecular flexibility index (Phi) is 4.52. The van der Waals surface area contributed by atoms with Gasteiger partial charge >= 0.3 is 5.97 Å². The van der Waals surface area contributed by atoms with Crippen LogP contribution in [0.2, 0.25) is 0 Å². The Morgan fingerprint density at radius 1 is 1.27 bits per heavy atom. The standard InChI is InChI=1S/C14H13N3O5/c1-8-6-11(22-17-8)14(20)21-7-12(18)16-10-4-2-9(3-5-10)13(15)19/h2-6H,7H2,1H3,(H2,15,19)(H,16,18). The molecule has 22 heavy (non-hydrogen) atoms. The second-order valence-electron chi connectivity index (χ2n) is 4.40. The highest BCUT2D eigenvalue weighted by Gasteiger charge is 2.15. The molecule has 2 amide bonds. The van der Waals surface area contributed by atoms with Gasteiger partial charge in [0.05, 0.1) is 5.69 Å². The molecule has 3 N–H and O–H groups in total. The summed E-state index contributed by atoms with van der Waals surface area (Å²) in [5.41, 5.74) is 6.41. The largest absolute Gasteiger partial charge is 0.450 e. The molecular weight excluding hydrogens is 290 g/mol. The summed E-state index contributed by atoms with van der Waals surface area (Å²) in [4.78, 5) is 34.1. The van der Waals surface area contributed by atoms with Crippen LogP contribution in [-0.4, -0.2) is 29.5 Å². The normalized spacial score (nSPS) is 10.0. The van der Waals surface area contributed by atoms with Crippen molar-refractivity contribution in [1.29, 1.82) is 0 Å².